The molecular weight excluding hydrogens is 384 g/mol. The van der Waals surface area contributed by atoms with Gasteiger partial charge in [-0.3, -0.25) is 19.5 Å². The number of carbonyl (C=O) groups excluding carboxylic acids is 2. The molecule has 3 rings (SSSR count). The number of methoxy groups -OCH3 is 2. The first-order valence-corrected chi connectivity index (χ1v) is 9.99. The molecule has 1 fully saturated rings. The van der Waals surface area contributed by atoms with E-state index in [0.29, 0.717) is 44.1 Å². The summed E-state index contributed by atoms with van der Waals surface area (Å²) in [6.45, 7) is 2.23. The number of aromatic nitrogens is 1. The second kappa shape index (κ2) is 10.6. The van der Waals surface area contributed by atoms with Gasteiger partial charge in [0.2, 0.25) is 11.8 Å². The van der Waals surface area contributed by atoms with Gasteiger partial charge in [-0.1, -0.05) is 12.1 Å². The molecule has 0 bridgehead atoms. The van der Waals surface area contributed by atoms with E-state index in [4.69, 9.17) is 9.47 Å². The van der Waals surface area contributed by atoms with Gasteiger partial charge in [0.1, 0.15) is 11.5 Å². The van der Waals surface area contributed by atoms with Crippen LogP contribution in [-0.4, -0.2) is 61.6 Å². The third-order valence-corrected chi connectivity index (χ3v) is 5.15. The van der Waals surface area contributed by atoms with E-state index in [2.05, 4.69) is 15.6 Å². The molecule has 2 heterocycles. The van der Waals surface area contributed by atoms with Gasteiger partial charge < -0.3 is 20.1 Å². The second-order valence-electron chi connectivity index (χ2n) is 7.12. The second-order valence-corrected chi connectivity index (χ2v) is 7.12. The monoisotopic (exact) mass is 412 g/mol. The first-order chi connectivity index (χ1) is 14.6. The summed E-state index contributed by atoms with van der Waals surface area (Å²) in [5.74, 6) is 1.13. The standard InChI is InChI=1S/C22H28N4O4/c1-29-18-6-5-17(20(12-18)30-2)15-26-11-10-25-22(28)19(26)13-21(27)24-9-7-16-4-3-8-23-14-16/h3-6,8,12,14,19H,7,9-11,13,15H2,1-2H3,(H,24,27)(H,25,28)/t19-/m0/s1. The summed E-state index contributed by atoms with van der Waals surface area (Å²) >= 11 is 0. The number of benzene rings is 1. The highest BCUT2D eigenvalue weighted by atomic mass is 16.5. The lowest BCUT2D eigenvalue weighted by molar-refractivity contribution is -0.134. The van der Waals surface area contributed by atoms with Gasteiger partial charge in [0, 0.05) is 50.2 Å². The summed E-state index contributed by atoms with van der Waals surface area (Å²) in [6.07, 6.45) is 4.31. The third-order valence-electron chi connectivity index (χ3n) is 5.15. The molecule has 0 spiro atoms. The summed E-state index contributed by atoms with van der Waals surface area (Å²) in [5, 5.41) is 5.77. The molecule has 2 N–H and O–H groups in total. The molecule has 8 heteroatoms. The average Bonchev–Trinajstić information content (AvgIpc) is 2.77. The van der Waals surface area contributed by atoms with Crippen LogP contribution in [-0.2, 0) is 22.6 Å². The van der Waals surface area contributed by atoms with Crippen LogP contribution in [0.15, 0.2) is 42.7 Å². The molecule has 8 nitrogen and oxygen atoms in total. The fourth-order valence-electron chi connectivity index (χ4n) is 3.51. The molecule has 0 unspecified atom stereocenters. The Labute approximate surface area is 176 Å². The van der Waals surface area contributed by atoms with Crippen LogP contribution in [0.1, 0.15) is 17.5 Å². The highest BCUT2D eigenvalue weighted by molar-refractivity contribution is 5.88. The number of nitrogens with one attached hydrogen (secondary N) is 2. The summed E-state index contributed by atoms with van der Waals surface area (Å²) in [4.78, 5) is 31.1. The molecule has 0 aliphatic carbocycles. The lowest BCUT2D eigenvalue weighted by Gasteiger charge is -2.35. The van der Waals surface area contributed by atoms with Crippen LogP contribution in [0.3, 0.4) is 0 Å². The van der Waals surface area contributed by atoms with Crippen molar-refractivity contribution in [2.24, 2.45) is 0 Å². The van der Waals surface area contributed by atoms with Crippen molar-refractivity contribution in [1.82, 2.24) is 20.5 Å². The topological polar surface area (TPSA) is 92.8 Å². The number of hydrogen-bond donors (Lipinski definition) is 2. The van der Waals surface area contributed by atoms with E-state index in [1.807, 2.05) is 35.2 Å². The van der Waals surface area contributed by atoms with Crippen LogP contribution < -0.4 is 20.1 Å². The van der Waals surface area contributed by atoms with Gasteiger partial charge >= 0.3 is 0 Å². The van der Waals surface area contributed by atoms with Gasteiger partial charge in [-0.05, 0) is 24.1 Å². The van der Waals surface area contributed by atoms with Gasteiger partial charge in [-0.15, -0.1) is 0 Å². The molecule has 0 saturated carbocycles. The molecule has 2 amide bonds. The van der Waals surface area contributed by atoms with Crippen LogP contribution >= 0.6 is 0 Å². The molecule has 1 saturated heterocycles. The molecule has 160 valence electrons. The van der Waals surface area contributed by atoms with Gasteiger partial charge in [-0.2, -0.15) is 0 Å². The summed E-state index contributed by atoms with van der Waals surface area (Å²) in [7, 11) is 3.21. The predicted octanol–water partition coefficient (Wildman–Crippen LogP) is 1.15. The minimum atomic E-state index is -0.524. The Balaban J connectivity index is 1.60. The zero-order chi connectivity index (χ0) is 21.3. The zero-order valence-electron chi connectivity index (χ0n) is 17.4. The predicted molar refractivity (Wildman–Crippen MR) is 112 cm³/mol. The molecule has 1 atom stereocenters. The Morgan fingerprint density at radius 1 is 1.30 bits per heavy atom. The highest BCUT2D eigenvalue weighted by Gasteiger charge is 2.32. The fourth-order valence-corrected chi connectivity index (χ4v) is 3.51. The van der Waals surface area contributed by atoms with E-state index in [0.717, 1.165) is 11.1 Å². The molecule has 1 aliphatic heterocycles. The number of ether oxygens (including phenoxy) is 2. The van der Waals surface area contributed by atoms with Crippen molar-refractivity contribution >= 4 is 11.8 Å². The number of nitrogens with zero attached hydrogens (tertiary/aromatic N) is 2. The van der Waals surface area contributed by atoms with Crippen LogP contribution in [0.4, 0.5) is 0 Å². The van der Waals surface area contributed by atoms with Crippen LogP contribution in [0.2, 0.25) is 0 Å². The molecule has 1 aliphatic rings. The number of carbonyl (C=O) groups is 2. The lowest BCUT2D eigenvalue weighted by atomic mass is 10.1. The normalized spacial score (nSPS) is 16.6. The Bertz CT molecular complexity index is 859. The SMILES string of the molecule is COc1ccc(CN2CCNC(=O)[C@@H]2CC(=O)NCCc2cccnc2)c(OC)c1. The number of piperazine rings is 1. The van der Waals surface area contributed by atoms with Crippen molar-refractivity contribution in [2.75, 3.05) is 33.9 Å². The van der Waals surface area contributed by atoms with Crippen molar-refractivity contribution in [3.8, 4) is 11.5 Å². The van der Waals surface area contributed by atoms with E-state index in [9.17, 15) is 9.59 Å². The van der Waals surface area contributed by atoms with Gasteiger partial charge in [0.15, 0.2) is 0 Å². The maximum atomic E-state index is 12.5. The molecule has 0 radical (unpaired) electrons. The maximum absolute atomic E-state index is 12.5. The minimum absolute atomic E-state index is 0.108. The Morgan fingerprint density at radius 3 is 2.90 bits per heavy atom. The molecular formula is C22H28N4O4. The Hall–Kier alpha value is -3.13. The minimum Gasteiger partial charge on any atom is -0.497 e. The quantitative estimate of drug-likeness (QED) is 0.642. The lowest BCUT2D eigenvalue weighted by Crippen LogP contribution is -2.56. The van der Waals surface area contributed by atoms with Crippen LogP contribution in [0, 0.1) is 0 Å². The van der Waals surface area contributed by atoms with Crippen molar-refractivity contribution in [2.45, 2.75) is 25.4 Å². The van der Waals surface area contributed by atoms with Gasteiger partial charge in [0.25, 0.3) is 0 Å². The van der Waals surface area contributed by atoms with Crippen molar-refractivity contribution in [3.05, 3.63) is 53.9 Å². The fraction of sp³-hybridized carbons (Fsp3) is 0.409. The van der Waals surface area contributed by atoms with Gasteiger partial charge in [0.05, 0.1) is 26.7 Å². The van der Waals surface area contributed by atoms with Crippen LogP contribution in [0.25, 0.3) is 0 Å². The van der Waals surface area contributed by atoms with Crippen molar-refractivity contribution in [1.29, 1.82) is 0 Å². The smallest absolute Gasteiger partial charge is 0.237 e. The van der Waals surface area contributed by atoms with E-state index >= 15 is 0 Å². The first kappa shape index (κ1) is 21.6. The summed E-state index contributed by atoms with van der Waals surface area (Å²) < 4.78 is 10.7. The van der Waals surface area contributed by atoms with Gasteiger partial charge in [-0.25, -0.2) is 0 Å². The summed E-state index contributed by atoms with van der Waals surface area (Å²) in [6, 6.07) is 8.92. The van der Waals surface area contributed by atoms with E-state index in [1.54, 1.807) is 26.6 Å². The van der Waals surface area contributed by atoms with Crippen molar-refractivity contribution in [3.63, 3.8) is 0 Å². The molecule has 30 heavy (non-hydrogen) atoms. The van der Waals surface area contributed by atoms with E-state index in [1.165, 1.54) is 0 Å². The highest BCUT2D eigenvalue weighted by Crippen LogP contribution is 2.27. The molecule has 2 aromatic rings. The Kier molecular flexibility index (Phi) is 7.62. The summed E-state index contributed by atoms with van der Waals surface area (Å²) in [5.41, 5.74) is 2.00. The number of hydrogen-bond acceptors (Lipinski definition) is 6. The van der Waals surface area contributed by atoms with E-state index < -0.39 is 6.04 Å². The number of amides is 2. The molecule has 1 aromatic heterocycles. The Morgan fingerprint density at radius 2 is 2.17 bits per heavy atom. The third kappa shape index (κ3) is 5.70. The average molecular weight is 412 g/mol. The first-order valence-electron chi connectivity index (χ1n) is 9.99. The van der Waals surface area contributed by atoms with Crippen molar-refractivity contribution < 1.29 is 19.1 Å². The number of rotatable bonds is 9. The largest absolute Gasteiger partial charge is 0.497 e. The van der Waals surface area contributed by atoms with E-state index in [-0.39, 0.29) is 18.2 Å². The van der Waals surface area contributed by atoms with Crippen LogP contribution in [0.5, 0.6) is 11.5 Å². The number of pyridine rings is 1. The molecule has 1 aromatic carbocycles. The maximum Gasteiger partial charge on any atom is 0.237 e. The zero-order valence-corrected chi connectivity index (χ0v) is 17.4.